The van der Waals surface area contributed by atoms with Crippen molar-refractivity contribution in [1.82, 2.24) is 4.90 Å². The van der Waals surface area contributed by atoms with E-state index in [2.05, 4.69) is 100 Å². The van der Waals surface area contributed by atoms with Gasteiger partial charge in [-0.3, -0.25) is 0 Å². The Balaban J connectivity index is 1.68. The minimum atomic E-state index is 0.241. The summed E-state index contributed by atoms with van der Waals surface area (Å²) in [6.07, 6.45) is 10.1. The molecule has 1 heterocycles. The second-order valence-electron chi connectivity index (χ2n) is 9.91. The maximum atomic E-state index is 2.48. The van der Waals surface area contributed by atoms with Crippen LogP contribution in [0.1, 0.15) is 58.1 Å². The lowest BCUT2D eigenvalue weighted by Crippen LogP contribution is -2.25. The standard InChI is InChI=1S/C29H37N/c1-6-21-13-14-24(23-11-9-8-10-12-23)18-27(21)28-19-26(15-16-30(28)5)29(3,4)20-25-17-22(25)7-2/h8-15,18-19,22,25H,6-7,16-17,20H2,1-5H3. The third kappa shape index (κ3) is 4.26. The van der Waals surface area contributed by atoms with E-state index in [0.717, 1.165) is 24.8 Å². The molecule has 2 atom stereocenters. The SMILES string of the molecule is CCc1ccc(-c2ccccc2)cc1C1=CC(C(C)(C)CC2CC2CC)=CCN1C. The summed E-state index contributed by atoms with van der Waals surface area (Å²) < 4.78 is 0. The van der Waals surface area contributed by atoms with E-state index >= 15 is 0 Å². The van der Waals surface area contributed by atoms with Crippen molar-refractivity contribution in [3.63, 3.8) is 0 Å². The van der Waals surface area contributed by atoms with E-state index in [-0.39, 0.29) is 5.41 Å². The van der Waals surface area contributed by atoms with E-state index in [1.165, 1.54) is 52.8 Å². The van der Waals surface area contributed by atoms with Crippen LogP contribution in [0.2, 0.25) is 0 Å². The highest BCUT2D eigenvalue weighted by molar-refractivity contribution is 5.76. The highest BCUT2D eigenvalue weighted by atomic mass is 15.1. The van der Waals surface area contributed by atoms with Crippen LogP contribution in [-0.2, 0) is 6.42 Å². The Morgan fingerprint density at radius 1 is 0.967 bits per heavy atom. The van der Waals surface area contributed by atoms with E-state index < -0.39 is 0 Å². The Bertz CT molecular complexity index is 948. The number of hydrogen-bond acceptors (Lipinski definition) is 1. The summed E-state index contributed by atoms with van der Waals surface area (Å²) in [6.45, 7) is 10.5. The van der Waals surface area contributed by atoms with Gasteiger partial charge in [-0.25, -0.2) is 0 Å². The van der Waals surface area contributed by atoms with Gasteiger partial charge < -0.3 is 4.90 Å². The largest absolute Gasteiger partial charge is 0.370 e. The molecule has 1 aliphatic heterocycles. The van der Waals surface area contributed by atoms with Crippen LogP contribution in [-0.4, -0.2) is 18.5 Å². The van der Waals surface area contributed by atoms with Crippen LogP contribution >= 0.6 is 0 Å². The molecule has 1 aliphatic carbocycles. The molecule has 0 radical (unpaired) electrons. The monoisotopic (exact) mass is 399 g/mol. The number of nitrogens with zero attached hydrogens (tertiary/aromatic N) is 1. The highest BCUT2D eigenvalue weighted by Crippen LogP contribution is 2.50. The fourth-order valence-corrected chi connectivity index (χ4v) is 5.17. The minimum absolute atomic E-state index is 0.241. The number of hydrogen-bond donors (Lipinski definition) is 0. The summed E-state index contributed by atoms with van der Waals surface area (Å²) in [4.78, 5) is 2.41. The smallest absolute Gasteiger partial charge is 0.0445 e. The molecule has 1 nitrogen and oxygen atoms in total. The van der Waals surface area contributed by atoms with E-state index in [4.69, 9.17) is 0 Å². The van der Waals surface area contributed by atoms with Gasteiger partial charge in [-0.15, -0.1) is 0 Å². The van der Waals surface area contributed by atoms with Gasteiger partial charge in [0.1, 0.15) is 0 Å². The van der Waals surface area contributed by atoms with E-state index in [1.54, 1.807) is 0 Å². The van der Waals surface area contributed by atoms with Crippen molar-refractivity contribution < 1.29 is 0 Å². The first-order chi connectivity index (χ1) is 14.4. The van der Waals surface area contributed by atoms with Crippen molar-refractivity contribution in [1.29, 1.82) is 0 Å². The molecule has 2 unspecified atom stereocenters. The lowest BCUT2D eigenvalue weighted by molar-refractivity contribution is 0.370. The zero-order valence-corrected chi connectivity index (χ0v) is 19.4. The number of likely N-dealkylation sites (N-methyl/N-ethyl adjacent to an activating group) is 1. The molecular weight excluding hydrogens is 362 g/mol. The maximum Gasteiger partial charge on any atom is 0.0445 e. The average molecular weight is 400 g/mol. The predicted octanol–water partition coefficient (Wildman–Crippen LogP) is 7.59. The Morgan fingerprint density at radius 2 is 1.73 bits per heavy atom. The molecule has 30 heavy (non-hydrogen) atoms. The second-order valence-corrected chi connectivity index (χ2v) is 9.91. The van der Waals surface area contributed by atoms with Crippen LogP contribution in [0.3, 0.4) is 0 Å². The fraction of sp³-hybridized carbons (Fsp3) is 0.448. The zero-order valence-electron chi connectivity index (χ0n) is 19.4. The first kappa shape index (κ1) is 21.0. The summed E-state index contributed by atoms with van der Waals surface area (Å²) in [5.74, 6) is 1.89. The van der Waals surface area contributed by atoms with Crippen molar-refractivity contribution >= 4 is 5.70 Å². The van der Waals surface area contributed by atoms with Crippen LogP contribution < -0.4 is 0 Å². The molecule has 1 saturated carbocycles. The fourth-order valence-electron chi connectivity index (χ4n) is 5.17. The summed E-state index contributed by atoms with van der Waals surface area (Å²) >= 11 is 0. The van der Waals surface area contributed by atoms with E-state index in [9.17, 15) is 0 Å². The highest BCUT2D eigenvalue weighted by Gasteiger charge is 2.40. The zero-order chi connectivity index (χ0) is 21.3. The molecule has 0 N–H and O–H groups in total. The number of allylic oxidation sites excluding steroid dienone is 2. The van der Waals surface area contributed by atoms with Crippen LogP contribution in [0, 0.1) is 17.3 Å². The summed E-state index contributed by atoms with van der Waals surface area (Å²) in [6, 6.07) is 17.8. The molecule has 2 aromatic carbocycles. The first-order valence-electron chi connectivity index (χ1n) is 11.7. The van der Waals surface area contributed by atoms with Crippen molar-refractivity contribution in [2.24, 2.45) is 17.3 Å². The molecule has 4 rings (SSSR count). The molecule has 0 spiro atoms. The predicted molar refractivity (Wildman–Crippen MR) is 130 cm³/mol. The Kier molecular flexibility index (Phi) is 5.91. The van der Waals surface area contributed by atoms with Crippen molar-refractivity contribution in [3.8, 4) is 11.1 Å². The van der Waals surface area contributed by atoms with E-state index in [0.29, 0.717) is 0 Å². The molecule has 0 amide bonds. The van der Waals surface area contributed by atoms with Gasteiger partial charge in [0.2, 0.25) is 0 Å². The number of aryl methyl sites for hydroxylation is 1. The van der Waals surface area contributed by atoms with Gasteiger partial charge in [-0.1, -0.05) is 82.7 Å². The number of rotatable bonds is 7. The molecular formula is C29H37N. The van der Waals surface area contributed by atoms with Crippen molar-refractivity contribution in [2.75, 3.05) is 13.6 Å². The summed E-state index contributed by atoms with van der Waals surface area (Å²) in [5, 5.41) is 0. The third-order valence-corrected chi connectivity index (χ3v) is 7.31. The average Bonchev–Trinajstić information content (AvgIpc) is 3.51. The lowest BCUT2D eigenvalue weighted by Gasteiger charge is -2.34. The molecule has 0 saturated heterocycles. The first-order valence-corrected chi connectivity index (χ1v) is 11.7. The molecule has 1 heteroatoms. The third-order valence-electron chi connectivity index (χ3n) is 7.31. The van der Waals surface area contributed by atoms with Crippen molar-refractivity contribution in [2.45, 2.75) is 53.4 Å². The molecule has 158 valence electrons. The van der Waals surface area contributed by atoms with Crippen LogP contribution in [0.5, 0.6) is 0 Å². The minimum Gasteiger partial charge on any atom is -0.370 e. The van der Waals surface area contributed by atoms with Gasteiger partial charge in [0, 0.05) is 24.9 Å². The molecule has 1 fully saturated rings. The Hall–Kier alpha value is -2.28. The van der Waals surface area contributed by atoms with Gasteiger partial charge in [-0.05, 0) is 70.9 Å². The van der Waals surface area contributed by atoms with Gasteiger partial charge >= 0.3 is 0 Å². The second kappa shape index (κ2) is 8.46. The van der Waals surface area contributed by atoms with Crippen LogP contribution in [0.25, 0.3) is 16.8 Å². The van der Waals surface area contributed by atoms with Gasteiger partial charge in [0.25, 0.3) is 0 Å². The molecule has 2 aliphatic rings. The van der Waals surface area contributed by atoms with Gasteiger partial charge in [0.05, 0.1) is 0 Å². The van der Waals surface area contributed by atoms with Crippen LogP contribution in [0.4, 0.5) is 0 Å². The molecule has 2 aromatic rings. The van der Waals surface area contributed by atoms with Crippen molar-refractivity contribution in [3.05, 3.63) is 77.4 Å². The molecule has 0 bridgehead atoms. The Morgan fingerprint density at radius 3 is 2.40 bits per heavy atom. The lowest BCUT2D eigenvalue weighted by atomic mass is 9.77. The normalized spacial score (nSPS) is 21.3. The van der Waals surface area contributed by atoms with Gasteiger partial charge in [-0.2, -0.15) is 0 Å². The Labute approximate surface area is 183 Å². The summed E-state index contributed by atoms with van der Waals surface area (Å²) in [7, 11) is 2.23. The topological polar surface area (TPSA) is 3.24 Å². The van der Waals surface area contributed by atoms with E-state index in [1.807, 2.05) is 0 Å². The number of benzene rings is 2. The van der Waals surface area contributed by atoms with Crippen LogP contribution in [0.15, 0.2) is 66.3 Å². The maximum absolute atomic E-state index is 2.48. The quantitative estimate of drug-likeness (QED) is 0.463. The summed E-state index contributed by atoms with van der Waals surface area (Å²) in [5.41, 5.74) is 8.54. The van der Waals surface area contributed by atoms with Gasteiger partial charge in [0.15, 0.2) is 0 Å². The molecule has 0 aromatic heterocycles.